The Balaban J connectivity index is 1.94. The van der Waals surface area contributed by atoms with Crippen LogP contribution in [0.1, 0.15) is 23.2 Å². The molecule has 0 aromatic heterocycles. The van der Waals surface area contributed by atoms with Crippen LogP contribution in [-0.4, -0.2) is 32.3 Å². The molecule has 0 aliphatic carbocycles. The molecular formula is C13H17NO3. The number of anilines is 1. The summed E-state index contributed by atoms with van der Waals surface area (Å²) < 4.78 is 10.7. The highest BCUT2D eigenvalue weighted by atomic mass is 16.6. The van der Waals surface area contributed by atoms with Gasteiger partial charge in [-0.25, -0.2) is 4.79 Å². The maximum absolute atomic E-state index is 11.9. The molecule has 1 aromatic rings. The normalized spacial score (nSPS) is 19.0. The Hall–Kier alpha value is -1.55. The molecular weight excluding hydrogens is 218 g/mol. The SMILES string of the molecule is CNc1ccccc1C(=O)OCC1CCCO1. The number of para-hydroxylation sites is 1. The van der Waals surface area contributed by atoms with Crippen LogP contribution in [0.2, 0.25) is 0 Å². The lowest BCUT2D eigenvalue weighted by Gasteiger charge is -2.12. The van der Waals surface area contributed by atoms with Crippen molar-refractivity contribution < 1.29 is 14.3 Å². The average molecular weight is 235 g/mol. The Morgan fingerprint density at radius 2 is 2.35 bits per heavy atom. The van der Waals surface area contributed by atoms with E-state index in [0.29, 0.717) is 12.2 Å². The van der Waals surface area contributed by atoms with Gasteiger partial charge in [0.1, 0.15) is 6.61 Å². The minimum atomic E-state index is -0.301. The second-order valence-electron chi connectivity index (χ2n) is 4.03. The Morgan fingerprint density at radius 1 is 1.53 bits per heavy atom. The zero-order valence-corrected chi connectivity index (χ0v) is 9.94. The van der Waals surface area contributed by atoms with Crippen LogP contribution in [-0.2, 0) is 9.47 Å². The summed E-state index contributed by atoms with van der Waals surface area (Å²) in [6.07, 6.45) is 2.09. The fourth-order valence-electron chi connectivity index (χ4n) is 1.90. The zero-order valence-electron chi connectivity index (χ0n) is 9.94. The summed E-state index contributed by atoms with van der Waals surface area (Å²) in [5, 5.41) is 2.97. The van der Waals surface area contributed by atoms with E-state index in [-0.39, 0.29) is 12.1 Å². The summed E-state index contributed by atoms with van der Waals surface area (Å²) in [6, 6.07) is 7.30. The molecule has 17 heavy (non-hydrogen) atoms. The molecule has 1 N–H and O–H groups in total. The minimum Gasteiger partial charge on any atom is -0.459 e. The molecule has 1 atom stereocenters. The quantitative estimate of drug-likeness (QED) is 0.811. The number of hydrogen-bond donors (Lipinski definition) is 1. The van der Waals surface area contributed by atoms with Crippen LogP contribution < -0.4 is 5.32 Å². The maximum Gasteiger partial charge on any atom is 0.340 e. The van der Waals surface area contributed by atoms with Crippen LogP contribution in [0.3, 0.4) is 0 Å². The van der Waals surface area contributed by atoms with Crippen LogP contribution in [0.5, 0.6) is 0 Å². The predicted octanol–water partition coefficient (Wildman–Crippen LogP) is 2.06. The number of benzene rings is 1. The molecule has 1 saturated heterocycles. The topological polar surface area (TPSA) is 47.6 Å². The summed E-state index contributed by atoms with van der Waals surface area (Å²) in [5.74, 6) is -0.301. The van der Waals surface area contributed by atoms with Crippen molar-refractivity contribution in [3.8, 4) is 0 Å². The minimum absolute atomic E-state index is 0.0701. The molecule has 1 unspecified atom stereocenters. The van der Waals surface area contributed by atoms with Gasteiger partial charge < -0.3 is 14.8 Å². The van der Waals surface area contributed by atoms with Gasteiger partial charge in [0.25, 0.3) is 0 Å². The number of hydrogen-bond acceptors (Lipinski definition) is 4. The molecule has 0 saturated carbocycles. The van der Waals surface area contributed by atoms with Gasteiger partial charge in [-0.2, -0.15) is 0 Å². The van der Waals surface area contributed by atoms with Gasteiger partial charge in [-0.1, -0.05) is 12.1 Å². The lowest BCUT2D eigenvalue weighted by Crippen LogP contribution is -2.18. The molecule has 1 fully saturated rings. The molecule has 1 aliphatic heterocycles. The van der Waals surface area contributed by atoms with Crippen LogP contribution in [0.4, 0.5) is 5.69 Å². The van der Waals surface area contributed by atoms with E-state index in [1.54, 1.807) is 13.1 Å². The number of ether oxygens (including phenoxy) is 2. The third-order valence-electron chi connectivity index (χ3n) is 2.84. The van der Waals surface area contributed by atoms with Crippen molar-refractivity contribution in [3.63, 3.8) is 0 Å². The second kappa shape index (κ2) is 5.68. The number of carbonyl (C=O) groups is 1. The number of rotatable bonds is 4. The van der Waals surface area contributed by atoms with Crippen molar-refractivity contribution in [1.29, 1.82) is 0 Å². The van der Waals surface area contributed by atoms with E-state index in [1.807, 2.05) is 18.2 Å². The summed E-state index contributed by atoms with van der Waals surface area (Å²) in [7, 11) is 1.78. The van der Waals surface area contributed by atoms with E-state index >= 15 is 0 Å². The molecule has 1 aromatic carbocycles. The molecule has 0 spiro atoms. The van der Waals surface area contributed by atoms with Crippen LogP contribution in [0.15, 0.2) is 24.3 Å². The Kier molecular flexibility index (Phi) is 3.98. The first-order valence-electron chi connectivity index (χ1n) is 5.87. The molecule has 0 bridgehead atoms. The van der Waals surface area contributed by atoms with Gasteiger partial charge in [-0.05, 0) is 25.0 Å². The largest absolute Gasteiger partial charge is 0.459 e. The van der Waals surface area contributed by atoms with Crippen molar-refractivity contribution in [1.82, 2.24) is 0 Å². The third-order valence-corrected chi connectivity index (χ3v) is 2.84. The van der Waals surface area contributed by atoms with E-state index in [1.165, 1.54) is 0 Å². The van der Waals surface area contributed by atoms with E-state index in [0.717, 1.165) is 25.1 Å². The zero-order chi connectivity index (χ0) is 12.1. The first-order chi connectivity index (χ1) is 8.31. The lowest BCUT2D eigenvalue weighted by atomic mass is 10.2. The van der Waals surface area contributed by atoms with Crippen LogP contribution >= 0.6 is 0 Å². The molecule has 4 nitrogen and oxygen atoms in total. The first-order valence-corrected chi connectivity index (χ1v) is 5.87. The van der Waals surface area contributed by atoms with Crippen molar-refractivity contribution in [3.05, 3.63) is 29.8 Å². The summed E-state index contributed by atoms with van der Waals surface area (Å²) in [5.41, 5.74) is 1.35. The van der Waals surface area contributed by atoms with Gasteiger partial charge in [0.2, 0.25) is 0 Å². The highest BCUT2D eigenvalue weighted by Gasteiger charge is 2.19. The predicted molar refractivity (Wildman–Crippen MR) is 65.2 cm³/mol. The molecule has 0 amide bonds. The Morgan fingerprint density at radius 3 is 3.06 bits per heavy atom. The second-order valence-corrected chi connectivity index (χ2v) is 4.03. The molecule has 1 heterocycles. The van der Waals surface area contributed by atoms with Gasteiger partial charge in [-0.15, -0.1) is 0 Å². The van der Waals surface area contributed by atoms with E-state index in [4.69, 9.17) is 9.47 Å². The molecule has 1 aliphatic rings. The van der Waals surface area contributed by atoms with Crippen molar-refractivity contribution in [2.75, 3.05) is 25.6 Å². The lowest BCUT2D eigenvalue weighted by molar-refractivity contribution is 0.0162. The van der Waals surface area contributed by atoms with Crippen molar-refractivity contribution in [2.45, 2.75) is 18.9 Å². The van der Waals surface area contributed by atoms with E-state index in [9.17, 15) is 4.79 Å². The Labute approximate surface area is 101 Å². The molecule has 0 radical (unpaired) electrons. The van der Waals surface area contributed by atoms with Crippen molar-refractivity contribution >= 4 is 11.7 Å². The third kappa shape index (κ3) is 2.97. The van der Waals surface area contributed by atoms with Gasteiger partial charge in [0.15, 0.2) is 0 Å². The van der Waals surface area contributed by atoms with E-state index in [2.05, 4.69) is 5.32 Å². The maximum atomic E-state index is 11.9. The number of nitrogens with one attached hydrogen (secondary N) is 1. The fourth-order valence-corrected chi connectivity index (χ4v) is 1.90. The molecule has 4 heteroatoms. The summed E-state index contributed by atoms with van der Waals surface area (Å²) >= 11 is 0. The molecule has 92 valence electrons. The smallest absolute Gasteiger partial charge is 0.340 e. The molecule has 2 rings (SSSR count). The highest BCUT2D eigenvalue weighted by Crippen LogP contribution is 2.17. The fraction of sp³-hybridized carbons (Fsp3) is 0.462. The number of carbonyl (C=O) groups excluding carboxylic acids is 1. The Bertz CT molecular complexity index is 386. The summed E-state index contributed by atoms with van der Waals surface area (Å²) in [6.45, 7) is 1.12. The van der Waals surface area contributed by atoms with Crippen LogP contribution in [0.25, 0.3) is 0 Å². The highest BCUT2D eigenvalue weighted by molar-refractivity contribution is 5.95. The van der Waals surface area contributed by atoms with Gasteiger partial charge >= 0.3 is 5.97 Å². The van der Waals surface area contributed by atoms with E-state index < -0.39 is 0 Å². The monoisotopic (exact) mass is 235 g/mol. The van der Waals surface area contributed by atoms with Gasteiger partial charge in [0, 0.05) is 19.3 Å². The summed E-state index contributed by atoms with van der Waals surface area (Å²) in [4.78, 5) is 11.9. The van der Waals surface area contributed by atoms with Crippen LogP contribution in [0, 0.1) is 0 Å². The number of esters is 1. The average Bonchev–Trinajstić information content (AvgIpc) is 2.89. The van der Waals surface area contributed by atoms with Gasteiger partial charge in [0.05, 0.1) is 11.7 Å². The van der Waals surface area contributed by atoms with Gasteiger partial charge in [-0.3, -0.25) is 0 Å². The standard InChI is InChI=1S/C13H17NO3/c1-14-12-7-3-2-6-11(12)13(15)17-9-10-5-4-8-16-10/h2-3,6-7,10,14H,4-5,8-9H2,1H3. The first kappa shape index (κ1) is 11.9. The van der Waals surface area contributed by atoms with Crippen molar-refractivity contribution in [2.24, 2.45) is 0 Å².